The Hall–Kier alpha value is -3.34. The van der Waals surface area contributed by atoms with E-state index in [9.17, 15) is 9.59 Å². The summed E-state index contributed by atoms with van der Waals surface area (Å²) in [5.41, 5.74) is 3.92. The van der Waals surface area contributed by atoms with Gasteiger partial charge in [0.25, 0.3) is 11.8 Å². The molecule has 0 spiro atoms. The van der Waals surface area contributed by atoms with Crippen LogP contribution in [-0.2, 0) is 16.0 Å². The molecule has 0 fully saturated rings. The summed E-state index contributed by atoms with van der Waals surface area (Å²) >= 11 is 0. The normalized spacial score (nSPS) is 16.7. The van der Waals surface area contributed by atoms with E-state index >= 15 is 0 Å². The van der Waals surface area contributed by atoms with Crippen molar-refractivity contribution >= 4 is 34.1 Å². The molecule has 5 rings (SSSR count). The summed E-state index contributed by atoms with van der Waals surface area (Å²) in [5.74, 6) is -0.694. The Labute approximate surface area is 144 Å². The molecule has 0 saturated carbocycles. The molecular formula is C20H15N3O2. The highest BCUT2D eigenvalue weighted by molar-refractivity contribution is 6.34. The van der Waals surface area contributed by atoms with Crippen LogP contribution >= 0.6 is 0 Å². The monoisotopic (exact) mass is 329 g/mol. The Kier molecular flexibility index (Phi) is 2.85. The average molecular weight is 329 g/mol. The Morgan fingerprint density at radius 2 is 1.60 bits per heavy atom. The second kappa shape index (κ2) is 5.08. The summed E-state index contributed by atoms with van der Waals surface area (Å²) in [6.07, 6.45) is 2.71. The Bertz CT molecular complexity index is 1080. The number of aromatic nitrogens is 1. The number of amides is 2. The molecule has 0 atom stereocenters. The highest BCUT2D eigenvalue weighted by Gasteiger charge is 2.38. The van der Waals surface area contributed by atoms with Crippen molar-refractivity contribution in [2.45, 2.75) is 6.42 Å². The zero-order valence-electron chi connectivity index (χ0n) is 13.4. The zero-order valence-corrected chi connectivity index (χ0v) is 13.4. The Morgan fingerprint density at radius 3 is 2.52 bits per heavy atom. The van der Waals surface area contributed by atoms with Crippen molar-refractivity contribution in [1.29, 1.82) is 0 Å². The van der Waals surface area contributed by atoms with Crippen molar-refractivity contribution in [1.82, 2.24) is 9.88 Å². The van der Waals surface area contributed by atoms with Crippen LogP contribution in [0.5, 0.6) is 0 Å². The first-order valence-electron chi connectivity index (χ1n) is 8.26. The first kappa shape index (κ1) is 14.0. The molecule has 0 unspecified atom stereocenters. The van der Waals surface area contributed by atoms with E-state index in [2.05, 4.69) is 11.4 Å². The largest absolute Gasteiger partial charge is 0.335 e. The van der Waals surface area contributed by atoms with Crippen LogP contribution in [0, 0.1) is 0 Å². The number of para-hydroxylation sites is 2. The van der Waals surface area contributed by atoms with Gasteiger partial charge in [0.15, 0.2) is 0 Å². The van der Waals surface area contributed by atoms with Crippen molar-refractivity contribution in [2.75, 3.05) is 11.4 Å². The van der Waals surface area contributed by atoms with Crippen LogP contribution in [0.3, 0.4) is 0 Å². The SMILES string of the molecule is O=C1NC(=O)C(n2ccc3ccccc32)=C1N1CCc2ccccc21. The second-order valence-electron chi connectivity index (χ2n) is 6.26. The van der Waals surface area contributed by atoms with Crippen LogP contribution in [-0.4, -0.2) is 22.9 Å². The van der Waals surface area contributed by atoms with E-state index in [0.29, 0.717) is 17.9 Å². The van der Waals surface area contributed by atoms with E-state index < -0.39 is 0 Å². The topological polar surface area (TPSA) is 54.3 Å². The van der Waals surface area contributed by atoms with Gasteiger partial charge in [0.1, 0.15) is 11.4 Å². The maximum atomic E-state index is 12.6. The first-order chi connectivity index (χ1) is 12.2. The van der Waals surface area contributed by atoms with Crippen molar-refractivity contribution in [3.05, 3.63) is 72.1 Å². The van der Waals surface area contributed by atoms with Gasteiger partial charge >= 0.3 is 0 Å². The molecule has 0 aliphatic carbocycles. The molecule has 0 radical (unpaired) electrons. The lowest BCUT2D eigenvalue weighted by Crippen LogP contribution is -2.29. The fourth-order valence-corrected chi connectivity index (χ4v) is 3.76. The summed E-state index contributed by atoms with van der Waals surface area (Å²) in [5, 5.41) is 3.49. The summed E-state index contributed by atoms with van der Waals surface area (Å²) in [4.78, 5) is 27.1. The van der Waals surface area contributed by atoms with Crippen molar-refractivity contribution in [3.8, 4) is 0 Å². The molecule has 3 heterocycles. The predicted octanol–water partition coefficient (Wildman–Crippen LogP) is 2.53. The number of carbonyl (C=O) groups is 2. The van der Waals surface area contributed by atoms with Gasteiger partial charge in [-0.1, -0.05) is 36.4 Å². The highest BCUT2D eigenvalue weighted by atomic mass is 16.2. The Morgan fingerprint density at radius 1 is 0.840 bits per heavy atom. The maximum absolute atomic E-state index is 12.6. The fraction of sp³-hybridized carbons (Fsp3) is 0.100. The number of carbonyl (C=O) groups excluding carboxylic acids is 2. The third-order valence-corrected chi connectivity index (χ3v) is 4.88. The third kappa shape index (κ3) is 1.96. The number of anilines is 1. The molecule has 2 aromatic carbocycles. The maximum Gasteiger partial charge on any atom is 0.277 e. The number of imide groups is 1. The lowest BCUT2D eigenvalue weighted by Gasteiger charge is -2.20. The van der Waals surface area contributed by atoms with Gasteiger partial charge in [-0.15, -0.1) is 0 Å². The average Bonchev–Trinajstić information content (AvgIpc) is 3.30. The van der Waals surface area contributed by atoms with E-state index in [1.54, 1.807) is 0 Å². The molecule has 5 heteroatoms. The molecule has 3 aromatic rings. The van der Waals surface area contributed by atoms with E-state index in [1.165, 1.54) is 5.56 Å². The van der Waals surface area contributed by atoms with Crippen LogP contribution in [0.15, 0.2) is 66.5 Å². The van der Waals surface area contributed by atoms with E-state index in [-0.39, 0.29) is 11.8 Å². The fourth-order valence-electron chi connectivity index (χ4n) is 3.76. The van der Waals surface area contributed by atoms with Gasteiger partial charge in [0, 0.05) is 18.4 Å². The van der Waals surface area contributed by atoms with Gasteiger partial charge in [-0.2, -0.15) is 0 Å². The number of hydrogen-bond acceptors (Lipinski definition) is 3. The third-order valence-electron chi connectivity index (χ3n) is 4.88. The number of fused-ring (bicyclic) bond motifs is 2. The predicted molar refractivity (Wildman–Crippen MR) is 95.8 cm³/mol. The quantitative estimate of drug-likeness (QED) is 0.735. The Balaban J connectivity index is 1.75. The van der Waals surface area contributed by atoms with E-state index in [1.807, 2.05) is 64.2 Å². The molecular weight excluding hydrogens is 314 g/mol. The minimum Gasteiger partial charge on any atom is -0.335 e. The molecule has 0 saturated heterocycles. The summed E-state index contributed by atoms with van der Waals surface area (Å²) in [6.45, 7) is 0.693. The van der Waals surface area contributed by atoms with Gasteiger partial charge in [0.05, 0.1) is 5.52 Å². The standard InChI is InChI=1S/C20H15N3O2/c24-19-17(22-11-9-13-5-1-3-7-15(13)22)18(20(25)21-19)23-12-10-14-6-2-4-8-16(14)23/h1-9,11H,10,12H2,(H,21,24,25). The highest BCUT2D eigenvalue weighted by Crippen LogP contribution is 2.35. The van der Waals surface area contributed by atoms with Crippen LogP contribution < -0.4 is 10.2 Å². The van der Waals surface area contributed by atoms with Gasteiger partial charge in [-0.25, -0.2) is 0 Å². The van der Waals surface area contributed by atoms with Gasteiger partial charge in [-0.05, 0) is 35.6 Å². The van der Waals surface area contributed by atoms with Crippen molar-refractivity contribution in [3.63, 3.8) is 0 Å². The van der Waals surface area contributed by atoms with E-state index in [4.69, 9.17) is 0 Å². The molecule has 2 amide bonds. The minimum absolute atomic E-state index is 0.338. The van der Waals surface area contributed by atoms with Crippen LogP contribution in [0.1, 0.15) is 5.56 Å². The summed E-state index contributed by atoms with van der Waals surface area (Å²) in [7, 11) is 0. The summed E-state index contributed by atoms with van der Waals surface area (Å²) in [6, 6.07) is 17.8. The lowest BCUT2D eigenvalue weighted by atomic mass is 10.2. The molecule has 2 aliphatic heterocycles. The van der Waals surface area contributed by atoms with Gasteiger partial charge in [-0.3, -0.25) is 14.9 Å². The minimum atomic E-state index is -0.356. The number of nitrogens with zero attached hydrogens (tertiary/aromatic N) is 2. The molecule has 122 valence electrons. The lowest BCUT2D eigenvalue weighted by molar-refractivity contribution is -0.123. The number of hydrogen-bond donors (Lipinski definition) is 1. The van der Waals surface area contributed by atoms with Gasteiger partial charge < -0.3 is 9.47 Å². The van der Waals surface area contributed by atoms with Crippen LogP contribution in [0.25, 0.3) is 16.6 Å². The smallest absolute Gasteiger partial charge is 0.277 e. The number of rotatable bonds is 2. The van der Waals surface area contributed by atoms with Crippen molar-refractivity contribution < 1.29 is 9.59 Å². The number of nitrogens with one attached hydrogen (secondary N) is 1. The van der Waals surface area contributed by atoms with Crippen LogP contribution in [0.2, 0.25) is 0 Å². The molecule has 25 heavy (non-hydrogen) atoms. The number of benzene rings is 2. The zero-order chi connectivity index (χ0) is 17.0. The molecule has 1 aromatic heterocycles. The summed E-state index contributed by atoms with van der Waals surface area (Å²) < 4.78 is 1.81. The molecule has 5 nitrogen and oxygen atoms in total. The second-order valence-corrected chi connectivity index (χ2v) is 6.26. The molecule has 0 bridgehead atoms. The first-order valence-corrected chi connectivity index (χ1v) is 8.26. The molecule has 2 aliphatic rings. The van der Waals surface area contributed by atoms with Crippen LogP contribution in [0.4, 0.5) is 5.69 Å². The van der Waals surface area contributed by atoms with Gasteiger partial charge in [0.2, 0.25) is 0 Å². The van der Waals surface area contributed by atoms with E-state index in [0.717, 1.165) is 23.0 Å². The van der Waals surface area contributed by atoms with Crippen molar-refractivity contribution in [2.24, 2.45) is 0 Å². The molecule has 1 N–H and O–H groups in total.